The summed E-state index contributed by atoms with van der Waals surface area (Å²) in [4.78, 5) is 16.5. The lowest BCUT2D eigenvalue weighted by Crippen LogP contribution is -2.27. The van der Waals surface area contributed by atoms with Crippen molar-refractivity contribution in [3.8, 4) is 5.75 Å². The average molecular weight is 370 g/mol. The van der Waals surface area contributed by atoms with Gasteiger partial charge in [-0.15, -0.1) is 23.7 Å². The minimum absolute atomic E-state index is 0. The van der Waals surface area contributed by atoms with Crippen molar-refractivity contribution < 1.29 is 9.53 Å². The van der Waals surface area contributed by atoms with Crippen LogP contribution in [0.5, 0.6) is 5.75 Å². The molecule has 7 heteroatoms. The number of ether oxygens (including phenoxy) is 1. The molecule has 0 aliphatic rings. The monoisotopic (exact) mass is 369 g/mol. The lowest BCUT2D eigenvalue weighted by Gasteiger charge is -2.15. The van der Waals surface area contributed by atoms with E-state index in [0.717, 1.165) is 16.3 Å². The van der Waals surface area contributed by atoms with Gasteiger partial charge in [-0.1, -0.05) is 12.1 Å². The molecule has 0 fully saturated rings. The van der Waals surface area contributed by atoms with Crippen LogP contribution in [0, 0.1) is 0 Å². The number of amides is 1. The lowest BCUT2D eigenvalue weighted by atomic mass is 10.1. The fourth-order valence-electron chi connectivity index (χ4n) is 2.11. The molecule has 1 atom stereocenters. The van der Waals surface area contributed by atoms with Gasteiger partial charge in [-0.3, -0.25) is 4.79 Å². The molecule has 3 N–H and O–H groups in total. The smallest absolute Gasteiger partial charge is 0.271 e. The highest BCUT2D eigenvalue weighted by Crippen LogP contribution is 2.19. The topological polar surface area (TPSA) is 77.2 Å². The highest BCUT2D eigenvalue weighted by atomic mass is 35.5. The largest absolute Gasteiger partial charge is 0.491 e. The third kappa shape index (κ3) is 5.78. The maximum absolute atomic E-state index is 12.2. The first-order valence-corrected chi connectivity index (χ1v) is 8.59. The van der Waals surface area contributed by atoms with Gasteiger partial charge in [0.15, 0.2) is 0 Å². The molecule has 1 heterocycles. The third-order valence-corrected chi connectivity index (χ3v) is 4.15. The number of benzene rings is 1. The molecule has 24 heavy (non-hydrogen) atoms. The van der Waals surface area contributed by atoms with Crippen molar-refractivity contribution in [1.82, 2.24) is 10.3 Å². The fourth-order valence-corrected chi connectivity index (χ4v) is 2.91. The first-order chi connectivity index (χ1) is 11.0. The molecule has 0 saturated carbocycles. The molecule has 0 aliphatic carbocycles. The maximum Gasteiger partial charge on any atom is 0.271 e. The summed E-state index contributed by atoms with van der Waals surface area (Å²) < 4.78 is 5.62. The van der Waals surface area contributed by atoms with Crippen LogP contribution >= 0.6 is 23.7 Å². The number of halogens is 1. The second-order valence-electron chi connectivity index (χ2n) is 5.60. The highest BCUT2D eigenvalue weighted by molar-refractivity contribution is 7.09. The molecular formula is C17H24ClN3O2S. The van der Waals surface area contributed by atoms with Gasteiger partial charge in [-0.05, 0) is 45.0 Å². The minimum Gasteiger partial charge on any atom is -0.491 e. The van der Waals surface area contributed by atoms with Crippen LogP contribution < -0.4 is 15.8 Å². The summed E-state index contributed by atoms with van der Waals surface area (Å²) in [6.07, 6.45) is 0.843. The molecule has 2 aromatic rings. The number of aromatic nitrogens is 1. The molecule has 1 aromatic heterocycles. The van der Waals surface area contributed by atoms with Crippen LogP contribution in [0.4, 0.5) is 0 Å². The Hall–Kier alpha value is -1.63. The summed E-state index contributed by atoms with van der Waals surface area (Å²) in [7, 11) is 0. The van der Waals surface area contributed by atoms with Gasteiger partial charge in [0.1, 0.15) is 11.4 Å². The second kappa shape index (κ2) is 9.61. The van der Waals surface area contributed by atoms with Gasteiger partial charge >= 0.3 is 0 Å². The Labute approximate surface area is 153 Å². The number of carbonyl (C=O) groups excluding carboxylic acids is 1. The summed E-state index contributed by atoms with van der Waals surface area (Å²) in [5.74, 6) is 0.660. The summed E-state index contributed by atoms with van der Waals surface area (Å²) in [6, 6.07) is 7.66. The third-order valence-electron chi connectivity index (χ3n) is 3.24. The van der Waals surface area contributed by atoms with E-state index in [0.29, 0.717) is 18.7 Å². The Morgan fingerprint density at radius 1 is 1.29 bits per heavy atom. The highest BCUT2D eigenvalue weighted by Gasteiger charge is 2.14. The zero-order chi connectivity index (χ0) is 16.8. The van der Waals surface area contributed by atoms with Crippen molar-refractivity contribution >= 4 is 29.7 Å². The maximum atomic E-state index is 12.2. The Kier molecular flexibility index (Phi) is 8.18. The first-order valence-electron chi connectivity index (χ1n) is 7.71. The summed E-state index contributed by atoms with van der Waals surface area (Å²) in [6.45, 7) is 6.46. The molecule has 1 amide bonds. The average Bonchev–Trinajstić information content (AvgIpc) is 2.96. The van der Waals surface area contributed by atoms with Crippen LogP contribution in [-0.4, -0.2) is 23.5 Å². The Morgan fingerprint density at radius 3 is 2.54 bits per heavy atom. The van der Waals surface area contributed by atoms with Crippen LogP contribution in [0.2, 0.25) is 0 Å². The number of nitrogens with two attached hydrogens (primary N) is 1. The van der Waals surface area contributed by atoms with E-state index in [1.54, 1.807) is 5.38 Å². The van der Waals surface area contributed by atoms with E-state index in [4.69, 9.17) is 10.5 Å². The van der Waals surface area contributed by atoms with E-state index in [-0.39, 0.29) is 30.5 Å². The molecule has 0 aliphatic heterocycles. The molecule has 0 radical (unpaired) electrons. The van der Waals surface area contributed by atoms with Crippen LogP contribution in [-0.2, 0) is 6.42 Å². The van der Waals surface area contributed by atoms with E-state index >= 15 is 0 Å². The van der Waals surface area contributed by atoms with Crippen LogP contribution in [0.15, 0.2) is 29.6 Å². The fraction of sp³-hybridized carbons (Fsp3) is 0.412. The number of nitrogens with one attached hydrogen (secondary N) is 1. The SMILES string of the molecule is CC(C)Oc1ccc(C(C)NC(=O)c2csc(CCN)n2)cc1.Cl. The summed E-state index contributed by atoms with van der Waals surface area (Å²) >= 11 is 1.46. The van der Waals surface area contributed by atoms with Gasteiger partial charge in [0.2, 0.25) is 0 Å². The standard InChI is InChI=1S/C17H23N3O2S.ClH/c1-11(2)22-14-6-4-13(5-7-14)12(3)19-17(21)15-10-23-16(20-15)8-9-18;/h4-7,10-12H,8-9,18H2,1-3H3,(H,19,21);1H. The zero-order valence-corrected chi connectivity index (χ0v) is 15.7. The molecule has 2 rings (SSSR count). The number of thiazole rings is 1. The van der Waals surface area contributed by atoms with Crippen molar-refractivity contribution in [3.63, 3.8) is 0 Å². The summed E-state index contributed by atoms with van der Waals surface area (Å²) in [5.41, 5.74) is 6.97. The van der Waals surface area contributed by atoms with Gasteiger partial charge in [0.25, 0.3) is 5.91 Å². The van der Waals surface area contributed by atoms with Gasteiger partial charge in [-0.25, -0.2) is 4.98 Å². The lowest BCUT2D eigenvalue weighted by molar-refractivity contribution is 0.0935. The van der Waals surface area contributed by atoms with Gasteiger partial charge in [-0.2, -0.15) is 0 Å². The number of hydrogen-bond donors (Lipinski definition) is 2. The second-order valence-corrected chi connectivity index (χ2v) is 6.54. The molecule has 5 nitrogen and oxygen atoms in total. The van der Waals surface area contributed by atoms with E-state index in [2.05, 4.69) is 10.3 Å². The molecule has 0 spiro atoms. The van der Waals surface area contributed by atoms with Crippen molar-refractivity contribution in [2.75, 3.05) is 6.54 Å². The van der Waals surface area contributed by atoms with Crippen molar-refractivity contribution in [2.45, 2.75) is 39.3 Å². The van der Waals surface area contributed by atoms with E-state index in [1.807, 2.05) is 45.0 Å². The normalized spacial score (nSPS) is 11.7. The number of rotatable bonds is 7. The van der Waals surface area contributed by atoms with Crippen LogP contribution in [0.3, 0.4) is 0 Å². The Morgan fingerprint density at radius 2 is 1.96 bits per heavy atom. The summed E-state index contributed by atoms with van der Waals surface area (Å²) in [5, 5.41) is 5.62. The number of hydrogen-bond acceptors (Lipinski definition) is 5. The first kappa shape index (κ1) is 20.4. The van der Waals surface area contributed by atoms with Crippen LogP contribution in [0.1, 0.15) is 47.9 Å². The molecule has 0 bridgehead atoms. The van der Waals surface area contributed by atoms with E-state index in [9.17, 15) is 4.79 Å². The van der Waals surface area contributed by atoms with Gasteiger partial charge in [0, 0.05) is 11.8 Å². The molecule has 0 saturated heterocycles. The van der Waals surface area contributed by atoms with Gasteiger partial charge < -0.3 is 15.8 Å². The van der Waals surface area contributed by atoms with Gasteiger partial charge in [0.05, 0.1) is 17.2 Å². The van der Waals surface area contributed by atoms with Crippen molar-refractivity contribution in [2.24, 2.45) is 5.73 Å². The number of nitrogens with zero attached hydrogens (tertiary/aromatic N) is 1. The number of carbonyl (C=O) groups is 1. The molecule has 1 unspecified atom stereocenters. The van der Waals surface area contributed by atoms with Crippen molar-refractivity contribution in [1.29, 1.82) is 0 Å². The predicted molar refractivity (Wildman–Crippen MR) is 100 cm³/mol. The van der Waals surface area contributed by atoms with Crippen LogP contribution in [0.25, 0.3) is 0 Å². The zero-order valence-electron chi connectivity index (χ0n) is 14.1. The predicted octanol–water partition coefficient (Wildman–Crippen LogP) is 3.34. The molecular weight excluding hydrogens is 346 g/mol. The Balaban J connectivity index is 0.00000288. The van der Waals surface area contributed by atoms with E-state index < -0.39 is 0 Å². The molecule has 1 aromatic carbocycles. The van der Waals surface area contributed by atoms with Crippen molar-refractivity contribution in [3.05, 3.63) is 45.9 Å². The quantitative estimate of drug-likeness (QED) is 0.784. The Bertz CT molecular complexity index is 644. The molecule has 132 valence electrons. The minimum atomic E-state index is -0.167. The van der Waals surface area contributed by atoms with E-state index in [1.165, 1.54) is 11.3 Å².